The average molecular weight is 188 g/mol. The molecule has 14 heavy (non-hydrogen) atoms. The minimum Gasteiger partial charge on any atom is -0.332 e. The molecule has 4 heteroatoms. The summed E-state index contributed by atoms with van der Waals surface area (Å²) in [4.78, 5) is 8.35. The summed E-state index contributed by atoms with van der Waals surface area (Å²) < 4.78 is 4.13. The first kappa shape index (κ1) is 7.79. The second kappa shape index (κ2) is 2.97. The third-order valence-corrected chi connectivity index (χ3v) is 2.85. The monoisotopic (exact) mass is 188 g/mol. The van der Waals surface area contributed by atoms with Gasteiger partial charge in [0.1, 0.15) is 6.33 Å². The standard InChI is InChI=1S/C10H12N4/c1-2-9(3-1)14-6-10(12-8-14)13-5-4-11-7-13/h4-9H,1-3H2. The molecule has 0 radical (unpaired) electrons. The van der Waals surface area contributed by atoms with Crippen molar-refractivity contribution in [3.05, 3.63) is 31.2 Å². The lowest BCUT2D eigenvalue weighted by Gasteiger charge is -2.26. The van der Waals surface area contributed by atoms with Crippen LogP contribution in [-0.4, -0.2) is 19.1 Å². The van der Waals surface area contributed by atoms with Crippen LogP contribution >= 0.6 is 0 Å². The Hall–Kier alpha value is -1.58. The normalized spacial score (nSPS) is 16.9. The first-order valence-corrected chi connectivity index (χ1v) is 4.95. The first-order valence-electron chi connectivity index (χ1n) is 4.95. The van der Waals surface area contributed by atoms with Gasteiger partial charge >= 0.3 is 0 Å². The first-order chi connectivity index (χ1) is 6.93. The number of rotatable bonds is 2. The van der Waals surface area contributed by atoms with Crippen LogP contribution < -0.4 is 0 Å². The molecule has 0 N–H and O–H groups in total. The summed E-state index contributed by atoms with van der Waals surface area (Å²) >= 11 is 0. The number of hydrogen-bond acceptors (Lipinski definition) is 2. The van der Waals surface area contributed by atoms with Gasteiger partial charge in [-0.3, -0.25) is 4.57 Å². The fourth-order valence-electron chi connectivity index (χ4n) is 1.74. The van der Waals surface area contributed by atoms with E-state index in [9.17, 15) is 0 Å². The lowest BCUT2D eigenvalue weighted by Crippen LogP contribution is -2.15. The molecule has 0 aliphatic heterocycles. The summed E-state index contributed by atoms with van der Waals surface area (Å²) in [5.41, 5.74) is 0. The van der Waals surface area contributed by atoms with Crippen molar-refractivity contribution >= 4 is 0 Å². The van der Waals surface area contributed by atoms with Crippen LogP contribution in [0.3, 0.4) is 0 Å². The van der Waals surface area contributed by atoms with Crippen molar-refractivity contribution in [3.63, 3.8) is 0 Å². The van der Waals surface area contributed by atoms with E-state index in [0.717, 1.165) is 5.82 Å². The van der Waals surface area contributed by atoms with Crippen molar-refractivity contribution in [1.82, 2.24) is 19.1 Å². The maximum atomic E-state index is 4.35. The highest BCUT2D eigenvalue weighted by Crippen LogP contribution is 2.31. The van der Waals surface area contributed by atoms with E-state index < -0.39 is 0 Å². The van der Waals surface area contributed by atoms with E-state index in [4.69, 9.17) is 0 Å². The second-order valence-corrected chi connectivity index (χ2v) is 3.73. The van der Waals surface area contributed by atoms with Crippen molar-refractivity contribution in [2.24, 2.45) is 0 Å². The molecule has 0 bridgehead atoms. The Bertz CT molecular complexity index is 411. The van der Waals surface area contributed by atoms with Crippen molar-refractivity contribution in [3.8, 4) is 5.82 Å². The van der Waals surface area contributed by atoms with Crippen molar-refractivity contribution in [2.75, 3.05) is 0 Å². The highest BCUT2D eigenvalue weighted by molar-refractivity contribution is 5.18. The van der Waals surface area contributed by atoms with Crippen LogP contribution in [0.4, 0.5) is 0 Å². The quantitative estimate of drug-likeness (QED) is 0.720. The van der Waals surface area contributed by atoms with Crippen molar-refractivity contribution < 1.29 is 0 Å². The summed E-state index contributed by atoms with van der Waals surface area (Å²) in [5.74, 6) is 0.953. The molecule has 0 spiro atoms. The van der Waals surface area contributed by atoms with Crippen LogP contribution in [0.2, 0.25) is 0 Å². The lowest BCUT2D eigenvalue weighted by molar-refractivity contribution is 0.313. The summed E-state index contributed by atoms with van der Waals surface area (Å²) in [5, 5.41) is 0. The molecule has 0 unspecified atom stereocenters. The molecule has 0 aromatic carbocycles. The number of imidazole rings is 2. The lowest BCUT2D eigenvalue weighted by atomic mass is 9.93. The van der Waals surface area contributed by atoms with Gasteiger partial charge in [-0.25, -0.2) is 9.97 Å². The zero-order chi connectivity index (χ0) is 9.38. The maximum absolute atomic E-state index is 4.35. The molecule has 1 aliphatic rings. The van der Waals surface area contributed by atoms with E-state index in [1.165, 1.54) is 19.3 Å². The van der Waals surface area contributed by atoms with Gasteiger partial charge in [0.05, 0.1) is 6.33 Å². The Balaban J connectivity index is 1.90. The van der Waals surface area contributed by atoms with Gasteiger partial charge in [-0.1, -0.05) is 0 Å². The van der Waals surface area contributed by atoms with E-state index in [-0.39, 0.29) is 0 Å². The third-order valence-electron chi connectivity index (χ3n) is 2.85. The predicted molar refractivity (Wildman–Crippen MR) is 52.2 cm³/mol. The minimum absolute atomic E-state index is 0.680. The summed E-state index contributed by atoms with van der Waals surface area (Å²) in [6.45, 7) is 0. The highest BCUT2D eigenvalue weighted by atomic mass is 15.2. The van der Waals surface area contributed by atoms with Crippen LogP contribution in [0.25, 0.3) is 5.82 Å². The van der Waals surface area contributed by atoms with E-state index >= 15 is 0 Å². The van der Waals surface area contributed by atoms with Crippen LogP contribution in [0.1, 0.15) is 25.3 Å². The Morgan fingerprint density at radius 3 is 2.86 bits per heavy atom. The van der Waals surface area contributed by atoms with Gasteiger partial charge in [0.25, 0.3) is 0 Å². The van der Waals surface area contributed by atoms with Gasteiger partial charge in [-0.05, 0) is 19.3 Å². The molecule has 2 aromatic heterocycles. The van der Waals surface area contributed by atoms with Gasteiger partial charge in [0, 0.05) is 24.6 Å². The Morgan fingerprint density at radius 2 is 2.21 bits per heavy atom. The molecular weight excluding hydrogens is 176 g/mol. The van der Waals surface area contributed by atoms with Crippen LogP contribution in [-0.2, 0) is 0 Å². The number of aromatic nitrogens is 4. The van der Waals surface area contributed by atoms with E-state index in [2.05, 4.69) is 20.7 Å². The molecule has 2 aromatic rings. The topological polar surface area (TPSA) is 35.6 Å². The molecular formula is C10H12N4. The second-order valence-electron chi connectivity index (χ2n) is 3.73. The molecule has 2 heterocycles. The average Bonchev–Trinajstić information content (AvgIpc) is 2.65. The molecule has 1 saturated carbocycles. The molecule has 1 fully saturated rings. The minimum atomic E-state index is 0.680. The van der Waals surface area contributed by atoms with Crippen molar-refractivity contribution in [2.45, 2.75) is 25.3 Å². The predicted octanol–water partition coefficient (Wildman–Crippen LogP) is 1.79. The van der Waals surface area contributed by atoms with Crippen LogP contribution in [0.5, 0.6) is 0 Å². The van der Waals surface area contributed by atoms with Gasteiger partial charge in [-0.15, -0.1) is 0 Å². The molecule has 72 valence electrons. The summed E-state index contributed by atoms with van der Waals surface area (Å²) in [7, 11) is 0. The molecule has 1 aliphatic carbocycles. The van der Waals surface area contributed by atoms with Gasteiger partial charge < -0.3 is 4.57 Å². The van der Waals surface area contributed by atoms with Gasteiger partial charge in [-0.2, -0.15) is 0 Å². The van der Waals surface area contributed by atoms with E-state index in [1.54, 1.807) is 12.5 Å². The largest absolute Gasteiger partial charge is 0.332 e. The molecule has 0 amide bonds. The van der Waals surface area contributed by atoms with Gasteiger partial charge in [0.15, 0.2) is 5.82 Å². The van der Waals surface area contributed by atoms with Crippen LogP contribution in [0.15, 0.2) is 31.2 Å². The number of hydrogen-bond donors (Lipinski definition) is 0. The van der Waals surface area contributed by atoms with E-state index in [0.29, 0.717) is 6.04 Å². The fourth-order valence-corrected chi connectivity index (χ4v) is 1.74. The fraction of sp³-hybridized carbons (Fsp3) is 0.400. The zero-order valence-electron chi connectivity index (χ0n) is 7.87. The summed E-state index contributed by atoms with van der Waals surface area (Å²) in [6.07, 6.45) is 13.4. The van der Waals surface area contributed by atoms with Crippen molar-refractivity contribution in [1.29, 1.82) is 0 Å². The maximum Gasteiger partial charge on any atom is 0.156 e. The third kappa shape index (κ3) is 1.14. The van der Waals surface area contributed by atoms with Crippen LogP contribution in [0, 0.1) is 0 Å². The smallest absolute Gasteiger partial charge is 0.156 e. The Labute approximate surface area is 82.2 Å². The summed E-state index contributed by atoms with van der Waals surface area (Å²) in [6, 6.07) is 0.680. The highest BCUT2D eigenvalue weighted by Gasteiger charge is 2.19. The molecule has 0 atom stereocenters. The molecule has 0 saturated heterocycles. The SMILES string of the molecule is c1cn(-c2cn(C3CCC3)cn2)cn1. The van der Waals surface area contributed by atoms with Gasteiger partial charge in [0.2, 0.25) is 0 Å². The number of nitrogens with zero attached hydrogens (tertiary/aromatic N) is 4. The van der Waals surface area contributed by atoms with E-state index in [1.807, 2.05) is 17.1 Å². The Morgan fingerprint density at radius 1 is 1.29 bits per heavy atom. The zero-order valence-corrected chi connectivity index (χ0v) is 7.87. The Kier molecular flexibility index (Phi) is 1.65. The molecule has 4 nitrogen and oxygen atoms in total. The molecule has 3 rings (SSSR count).